The van der Waals surface area contributed by atoms with E-state index in [2.05, 4.69) is 18.7 Å². The number of benzene rings is 1. The van der Waals surface area contributed by atoms with Crippen molar-refractivity contribution in [1.82, 2.24) is 4.90 Å². The molecule has 0 aliphatic heterocycles. The van der Waals surface area contributed by atoms with E-state index in [4.69, 9.17) is 5.73 Å². The van der Waals surface area contributed by atoms with Crippen molar-refractivity contribution in [3.8, 4) is 5.75 Å². The molecular weight excluding hydrogens is 188 g/mol. The smallest absolute Gasteiger partial charge is 0.120 e. The second-order valence-corrected chi connectivity index (χ2v) is 3.63. The molecule has 1 aromatic carbocycles. The highest BCUT2D eigenvalue weighted by molar-refractivity contribution is 5.36. The molecule has 0 bridgehead atoms. The fraction of sp³-hybridized carbons (Fsp3) is 0.500. The predicted molar refractivity (Wildman–Crippen MR) is 62.6 cm³/mol. The van der Waals surface area contributed by atoms with E-state index >= 15 is 0 Å². The zero-order chi connectivity index (χ0) is 11.3. The molecule has 1 aromatic rings. The Kier molecular flexibility index (Phi) is 4.59. The normalized spacial score (nSPS) is 10.9. The summed E-state index contributed by atoms with van der Waals surface area (Å²) in [5, 5.41) is 9.70. The van der Waals surface area contributed by atoms with Crippen LogP contribution in [0.3, 0.4) is 0 Å². The second kappa shape index (κ2) is 5.73. The zero-order valence-corrected chi connectivity index (χ0v) is 9.53. The first-order valence-corrected chi connectivity index (χ1v) is 5.44. The van der Waals surface area contributed by atoms with Crippen LogP contribution in [-0.2, 0) is 13.1 Å². The van der Waals surface area contributed by atoms with Crippen LogP contribution in [0, 0.1) is 0 Å². The van der Waals surface area contributed by atoms with Gasteiger partial charge in [-0.25, -0.2) is 0 Å². The molecule has 15 heavy (non-hydrogen) atoms. The molecule has 0 aliphatic carbocycles. The molecule has 1 rings (SSSR count). The number of nitrogens with zero attached hydrogens (tertiary/aromatic N) is 1. The van der Waals surface area contributed by atoms with Gasteiger partial charge in [0.05, 0.1) is 0 Å². The maximum absolute atomic E-state index is 9.70. The largest absolute Gasteiger partial charge is 0.508 e. The summed E-state index contributed by atoms with van der Waals surface area (Å²) in [6.45, 7) is 7.52. The lowest BCUT2D eigenvalue weighted by Crippen LogP contribution is -2.22. The van der Waals surface area contributed by atoms with E-state index in [1.165, 1.54) is 0 Å². The van der Waals surface area contributed by atoms with Crippen LogP contribution in [0.2, 0.25) is 0 Å². The van der Waals surface area contributed by atoms with Crippen LogP contribution in [0.5, 0.6) is 5.75 Å². The average molecular weight is 208 g/mol. The Morgan fingerprint density at radius 2 is 1.93 bits per heavy atom. The molecule has 0 saturated carbocycles. The number of nitrogens with two attached hydrogens (primary N) is 1. The van der Waals surface area contributed by atoms with Crippen molar-refractivity contribution in [1.29, 1.82) is 0 Å². The third-order valence-corrected chi connectivity index (χ3v) is 2.67. The van der Waals surface area contributed by atoms with E-state index in [9.17, 15) is 5.11 Å². The zero-order valence-electron chi connectivity index (χ0n) is 9.53. The molecule has 0 spiro atoms. The molecule has 0 aromatic heterocycles. The lowest BCUT2D eigenvalue weighted by atomic mass is 10.1. The molecule has 84 valence electrons. The van der Waals surface area contributed by atoms with Crippen LogP contribution in [0.1, 0.15) is 25.0 Å². The number of hydrogen-bond donors (Lipinski definition) is 2. The molecule has 0 saturated heterocycles. The van der Waals surface area contributed by atoms with Gasteiger partial charge >= 0.3 is 0 Å². The standard InChI is InChI=1S/C12H20N2O/c1-3-14(4-2)9-11-7-10(8-13)5-6-12(11)15/h5-7,15H,3-4,8-9,13H2,1-2H3. The van der Waals surface area contributed by atoms with Crippen LogP contribution < -0.4 is 5.73 Å². The Morgan fingerprint density at radius 3 is 2.47 bits per heavy atom. The lowest BCUT2D eigenvalue weighted by Gasteiger charge is -2.19. The molecule has 3 N–H and O–H groups in total. The molecule has 0 radical (unpaired) electrons. The van der Waals surface area contributed by atoms with Crippen molar-refractivity contribution in [2.45, 2.75) is 26.9 Å². The van der Waals surface area contributed by atoms with E-state index in [0.717, 1.165) is 30.8 Å². The topological polar surface area (TPSA) is 49.5 Å². The van der Waals surface area contributed by atoms with Crippen LogP contribution in [0.4, 0.5) is 0 Å². The summed E-state index contributed by atoms with van der Waals surface area (Å²) in [4.78, 5) is 2.26. The Morgan fingerprint density at radius 1 is 1.27 bits per heavy atom. The number of rotatable bonds is 5. The Hall–Kier alpha value is -1.06. The molecule has 0 atom stereocenters. The maximum Gasteiger partial charge on any atom is 0.120 e. The van der Waals surface area contributed by atoms with Gasteiger partial charge in [-0.05, 0) is 30.8 Å². The van der Waals surface area contributed by atoms with Crippen molar-refractivity contribution < 1.29 is 5.11 Å². The van der Waals surface area contributed by atoms with E-state index < -0.39 is 0 Å². The number of hydrogen-bond acceptors (Lipinski definition) is 3. The molecule has 0 unspecified atom stereocenters. The Balaban J connectivity index is 2.82. The minimum atomic E-state index is 0.360. The SMILES string of the molecule is CCN(CC)Cc1cc(CN)ccc1O. The number of aromatic hydroxyl groups is 1. The van der Waals surface area contributed by atoms with Gasteiger partial charge in [0, 0.05) is 18.7 Å². The summed E-state index contributed by atoms with van der Waals surface area (Å²) in [5.74, 6) is 0.360. The molecule has 3 heteroatoms. The van der Waals surface area contributed by atoms with Crippen molar-refractivity contribution in [3.63, 3.8) is 0 Å². The van der Waals surface area contributed by atoms with Crippen molar-refractivity contribution in [2.24, 2.45) is 5.73 Å². The first-order valence-electron chi connectivity index (χ1n) is 5.44. The minimum absolute atomic E-state index is 0.360. The highest BCUT2D eigenvalue weighted by Gasteiger charge is 2.06. The van der Waals surface area contributed by atoms with Gasteiger partial charge < -0.3 is 10.8 Å². The van der Waals surface area contributed by atoms with Crippen molar-refractivity contribution in [3.05, 3.63) is 29.3 Å². The molecule has 0 amide bonds. The van der Waals surface area contributed by atoms with Crippen LogP contribution >= 0.6 is 0 Å². The van der Waals surface area contributed by atoms with Gasteiger partial charge in [0.2, 0.25) is 0 Å². The van der Waals surface area contributed by atoms with Gasteiger partial charge in [-0.3, -0.25) is 4.90 Å². The summed E-state index contributed by atoms with van der Waals surface area (Å²) < 4.78 is 0. The van der Waals surface area contributed by atoms with E-state index in [1.807, 2.05) is 12.1 Å². The van der Waals surface area contributed by atoms with Crippen molar-refractivity contribution in [2.75, 3.05) is 13.1 Å². The maximum atomic E-state index is 9.70. The third-order valence-electron chi connectivity index (χ3n) is 2.67. The van der Waals surface area contributed by atoms with Crippen LogP contribution in [0.15, 0.2) is 18.2 Å². The first-order chi connectivity index (χ1) is 7.21. The minimum Gasteiger partial charge on any atom is -0.508 e. The van der Waals surface area contributed by atoms with E-state index in [0.29, 0.717) is 12.3 Å². The summed E-state index contributed by atoms with van der Waals surface area (Å²) in [6, 6.07) is 5.57. The first kappa shape index (κ1) is 12.0. The molecular formula is C12H20N2O. The molecule has 3 nitrogen and oxygen atoms in total. The lowest BCUT2D eigenvalue weighted by molar-refractivity contribution is 0.290. The van der Waals surface area contributed by atoms with E-state index in [-0.39, 0.29) is 0 Å². The molecule has 0 heterocycles. The van der Waals surface area contributed by atoms with Gasteiger partial charge in [0.25, 0.3) is 0 Å². The summed E-state index contributed by atoms with van der Waals surface area (Å²) in [5.41, 5.74) is 7.59. The third kappa shape index (κ3) is 3.22. The van der Waals surface area contributed by atoms with Crippen LogP contribution in [0.25, 0.3) is 0 Å². The van der Waals surface area contributed by atoms with Gasteiger partial charge in [-0.15, -0.1) is 0 Å². The molecule has 0 aliphatic rings. The predicted octanol–water partition coefficient (Wildman–Crippen LogP) is 1.69. The fourth-order valence-corrected chi connectivity index (χ4v) is 1.58. The average Bonchev–Trinajstić information content (AvgIpc) is 2.28. The summed E-state index contributed by atoms with van der Waals surface area (Å²) in [7, 11) is 0. The summed E-state index contributed by atoms with van der Waals surface area (Å²) in [6.07, 6.45) is 0. The van der Waals surface area contributed by atoms with Crippen LogP contribution in [-0.4, -0.2) is 23.1 Å². The Labute approximate surface area is 91.5 Å². The second-order valence-electron chi connectivity index (χ2n) is 3.63. The van der Waals surface area contributed by atoms with Gasteiger partial charge in [0.15, 0.2) is 0 Å². The highest BCUT2D eigenvalue weighted by atomic mass is 16.3. The number of phenolic OH excluding ortho intramolecular Hbond substituents is 1. The highest BCUT2D eigenvalue weighted by Crippen LogP contribution is 2.20. The van der Waals surface area contributed by atoms with Gasteiger partial charge in [-0.1, -0.05) is 19.9 Å². The quantitative estimate of drug-likeness (QED) is 0.774. The monoisotopic (exact) mass is 208 g/mol. The summed E-state index contributed by atoms with van der Waals surface area (Å²) >= 11 is 0. The van der Waals surface area contributed by atoms with Crippen molar-refractivity contribution >= 4 is 0 Å². The van der Waals surface area contributed by atoms with Gasteiger partial charge in [-0.2, -0.15) is 0 Å². The van der Waals surface area contributed by atoms with Gasteiger partial charge in [0.1, 0.15) is 5.75 Å². The Bertz CT molecular complexity index is 308. The fourth-order valence-electron chi connectivity index (χ4n) is 1.58. The number of phenols is 1. The van der Waals surface area contributed by atoms with E-state index in [1.54, 1.807) is 6.07 Å². The molecule has 0 fully saturated rings.